The lowest BCUT2D eigenvalue weighted by Crippen LogP contribution is -2.39. The summed E-state index contributed by atoms with van der Waals surface area (Å²) >= 11 is 13.0. The maximum atomic E-state index is 17.3. The average molecular weight is 765 g/mol. The van der Waals surface area contributed by atoms with Crippen LogP contribution in [0.5, 0.6) is 0 Å². The molecule has 1 saturated carbocycles. The highest BCUT2D eigenvalue weighted by atomic mass is 35.5. The van der Waals surface area contributed by atoms with E-state index >= 15 is 8.78 Å². The van der Waals surface area contributed by atoms with E-state index in [1.54, 1.807) is 54.8 Å². The van der Waals surface area contributed by atoms with Crippen molar-refractivity contribution < 1.29 is 27.9 Å². The zero-order chi connectivity index (χ0) is 38.1. The second-order valence-corrected chi connectivity index (χ2v) is 16.5. The number of Topliss-reactive ketones (excluding diaryl/α,β-unsaturated/α-hetero) is 1. The standard InChI is InChI=1S/C40H41Cl2F2N5O4/c1-21-16-29(48(19-21)37(51)40(44)12-13-40)30-18-27-34(22(2)50)46-35-26(36(27)49(30)24-11-15-47(20-24)38(52)53-39(3,4)5)17-23(8-7-14-45)31(33(35)43)25-9-6-10-28(41)32(25)42/h6,9-10,17-18,21,24,29H,7-8,11-13,15-16,19-20H2,1-5H3. The van der Waals surface area contributed by atoms with E-state index < -0.39 is 40.9 Å². The van der Waals surface area contributed by atoms with Crippen molar-refractivity contribution in [2.24, 2.45) is 5.92 Å². The number of ketones is 1. The summed E-state index contributed by atoms with van der Waals surface area (Å²) in [4.78, 5) is 48.3. The first kappa shape index (κ1) is 37.1. The number of likely N-dealkylation sites (tertiary alicyclic amines) is 2. The minimum atomic E-state index is -1.89. The number of amides is 2. The van der Waals surface area contributed by atoms with Crippen LogP contribution in [0.2, 0.25) is 10.0 Å². The predicted octanol–water partition coefficient (Wildman–Crippen LogP) is 9.55. The highest BCUT2D eigenvalue weighted by Crippen LogP contribution is 2.49. The summed E-state index contributed by atoms with van der Waals surface area (Å²) in [6.07, 6.45) is 1.18. The molecule has 3 fully saturated rings. The summed E-state index contributed by atoms with van der Waals surface area (Å²) < 4.78 is 40.5. The monoisotopic (exact) mass is 763 g/mol. The number of alkyl halides is 1. The second kappa shape index (κ2) is 13.5. The van der Waals surface area contributed by atoms with Crippen molar-refractivity contribution in [2.75, 3.05) is 19.6 Å². The molecule has 4 aromatic rings. The zero-order valence-electron chi connectivity index (χ0n) is 30.4. The molecule has 9 nitrogen and oxygen atoms in total. The number of fused-ring (bicyclic) bond motifs is 3. The van der Waals surface area contributed by atoms with E-state index in [0.717, 1.165) is 0 Å². The quantitative estimate of drug-likeness (QED) is 0.174. The van der Waals surface area contributed by atoms with Gasteiger partial charge in [0.25, 0.3) is 5.91 Å². The van der Waals surface area contributed by atoms with Gasteiger partial charge in [-0.25, -0.2) is 18.6 Å². The van der Waals surface area contributed by atoms with E-state index in [1.165, 1.54) is 6.92 Å². The van der Waals surface area contributed by atoms with E-state index in [-0.39, 0.29) is 71.0 Å². The molecule has 2 aromatic carbocycles. The number of carbonyl (C=O) groups is 3. The Hall–Kier alpha value is -4.27. The van der Waals surface area contributed by atoms with E-state index in [4.69, 9.17) is 27.9 Å². The molecule has 2 aliphatic heterocycles. The molecule has 278 valence electrons. The Labute approximate surface area is 316 Å². The van der Waals surface area contributed by atoms with Crippen LogP contribution in [0.1, 0.15) is 101 Å². The lowest BCUT2D eigenvalue weighted by atomic mass is 9.93. The Bertz CT molecular complexity index is 2240. The van der Waals surface area contributed by atoms with Crippen LogP contribution in [-0.4, -0.2) is 68.0 Å². The fourth-order valence-electron chi connectivity index (χ4n) is 8.03. The fraction of sp³-hybridized carbons (Fsp3) is 0.475. The second-order valence-electron chi connectivity index (χ2n) is 15.7. The van der Waals surface area contributed by atoms with Crippen molar-refractivity contribution in [3.05, 3.63) is 63.1 Å². The fourth-order valence-corrected chi connectivity index (χ4v) is 8.42. The first-order chi connectivity index (χ1) is 25.0. The molecule has 53 heavy (non-hydrogen) atoms. The molecule has 4 heterocycles. The molecule has 3 atom stereocenters. The summed E-state index contributed by atoms with van der Waals surface area (Å²) in [7, 11) is 0. The lowest BCUT2D eigenvalue weighted by molar-refractivity contribution is -0.139. The van der Waals surface area contributed by atoms with Crippen molar-refractivity contribution in [3.63, 3.8) is 0 Å². The summed E-state index contributed by atoms with van der Waals surface area (Å²) in [5.41, 5.74) is -0.513. The molecule has 13 heteroatoms. The molecule has 0 N–H and O–H groups in total. The maximum absolute atomic E-state index is 17.3. The molecule has 3 aliphatic rings. The minimum Gasteiger partial charge on any atom is -0.444 e. The number of aryl methyl sites for hydroxylation is 1. The van der Waals surface area contributed by atoms with Crippen LogP contribution >= 0.6 is 23.2 Å². The Morgan fingerprint density at radius 1 is 1.13 bits per heavy atom. The maximum Gasteiger partial charge on any atom is 0.410 e. The molecule has 0 radical (unpaired) electrons. The molecule has 7 rings (SSSR count). The van der Waals surface area contributed by atoms with Crippen molar-refractivity contribution in [3.8, 4) is 17.2 Å². The van der Waals surface area contributed by atoms with Gasteiger partial charge in [-0.15, -0.1) is 0 Å². The Morgan fingerprint density at radius 3 is 2.53 bits per heavy atom. The van der Waals surface area contributed by atoms with Gasteiger partial charge in [-0.2, -0.15) is 5.26 Å². The van der Waals surface area contributed by atoms with Crippen LogP contribution < -0.4 is 0 Å². The minimum absolute atomic E-state index is 0.0365. The lowest BCUT2D eigenvalue weighted by Gasteiger charge is -2.29. The number of pyridine rings is 1. The van der Waals surface area contributed by atoms with Gasteiger partial charge in [-0.1, -0.05) is 42.3 Å². The number of rotatable bonds is 7. The van der Waals surface area contributed by atoms with Gasteiger partial charge >= 0.3 is 6.09 Å². The van der Waals surface area contributed by atoms with Crippen molar-refractivity contribution in [1.82, 2.24) is 19.4 Å². The van der Waals surface area contributed by atoms with Gasteiger partial charge < -0.3 is 19.1 Å². The summed E-state index contributed by atoms with van der Waals surface area (Å²) in [6, 6.07) is 9.77. The largest absolute Gasteiger partial charge is 0.444 e. The number of nitriles is 1. The van der Waals surface area contributed by atoms with Crippen LogP contribution in [0.15, 0.2) is 30.3 Å². The summed E-state index contributed by atoms with van der Waals surface area (Å²) in [5, 5.41) is 10.8. The molecular formula is C40H41Cl2F2N5O4. The van der Waals surface area contributed by atoms with Crippen LogP contribution in [0.3, 0.4) is 0 Å². The van der Waals surface area contributed by atoms with Crippen LogP contribution in [0, 0.1) is 23.1 Å². The predicted molar refractivity (Wildman–Crippen MR) is 199 cm³/mol. The van der Waals surface area contributed by atoms with Gasteiger partial charge in [-0.05, 0) is 82.6 Å². The molecule has 2 aromatic heterocycles. The number of nitrogens with zero attached hydrogens (tertiary/aromatic N) is 5. The summed E-state index contributed by atoms with van der Waals surface area (Å²) in [6.45, 7) is 9.75. The van der Waals surface area contributed by atoms with Crippen molar-refractivity contribution in [2.45, 2.75) is 96.5 Å². The molecule has 3 unspecified atom stereocenters. The topological polar surface area (TPSA) is 109 Å². The number of hydrogen-bond donors (Lipinski definition) is 0. The smallest absolute Gasteiger partial charge is 0.410 e. The number of benzene rings is 2. The third kappa shape index (κ3) is 6.63. The van der Waals surface area contributed by atoms with Crippen molar-refractivity contribution >= 4 is 62.8 Å². The highest BCUT2D eigenvalue weighted by Gasteiger charge is 2.55. The number of halogens is 4. The van der Waals surface area contributed by atoms with Gasteiger partial charge in [0, 0.05) is 60.6 Å². The molecule has 2 saturated heterocycles. The van der Waals surface area contributed by atoms with Crippen LogP contribution in [0.4, 0.5) is 13.6 Å². The Kier molecular flexibility index (Phi) is 9.47. The molecular weight excluding hydrogens is 723 g/mol. The van der Waals surface area contributed by atoms with Gasteiger partial charge in [0.05, 0.1) is 33.7 Å². The van der Waals surface area contributed by atoms with E-state index in [2.05, 4.69) is 11.1 Å². The number of hydrogen-bond acceptors (Lipinski definition) is 6. The van der Waals surface area contributed by atoms with E-state index in [9.17, 15) is 19.6 Å². The molecule has 1 aliphatic carbocycles. The van der Waals surface area contributed by atoms with E-state index in [1.807, 2.05) is 17.6 Å². The number of aromatic nitrogens is 2. The number of carbonyl (C=O) groups excluding carboxylic acids is 3. The average Bonchev–Trinajstić information content (AvgIpc) is 3.41. The Balaban J connectivity index is 1.52. The molecule has 0 spiro atoms. The van der Waals surface area contributed by atoms with Gasteiger partial charge in [0.1, 0.15) is 16.8 Å². The summed E-state index contributed by atoms with van der Waals surface area (Å²) in [5.74, 6) is -1.61. The first-order valence-electron chi connectivity index (χ1n) is 18.0. The van der Waals surface area contributed by atoms with Gasteiger partial charge in [0.2, 0.25) is 0 Å². The third-order valence-corrected chi connectivity index (χ3v) is 11.4. The van der Waals surface area contributed by atoms with Crippen LogP contribution in [0.25, 0.3) is 32.9 Å². The molecule has 2 amide bonds. The van der Waals surface area contributed by atoms with Crippen molar-refractivity contribution in [1.29, 1.82) is 5.26 Å². The third-order valence-electron chi connectivity index (χ3n) is 10.5. The Morgan fingerprint density at radius 2 is 1.87 bits per heavy atom. The normalized spacial score (nSPS) is 21.0. The van der Waals surface area contributed by atoms with Gasteiger partial charge in [-0.3, -0.25) is 9.59 Å². The molecule has 0 bridgehead atoms. The zero-order valence-corrected chi connectivity index (χ0v) is 31.9. The van der Waals surface area contributed by atoms with Crippen LogP contribution in [-0.2, 0) is 16.0 Å². The highest BCUT2D eigenvalue weighted by molar-refractivity contribution is 6.43. The number of ether oxygens (including phenoxy) is 1. The van der Waals surface area contributed by atoms with E-state index in [0.29, 0.717) is 59.0 Å². The first-order valence-corrected chi connectivity index (χ1v) is 18.8. The van der Waals surface area contributed by atoms with Gasteiger partial charge in [0.15, 0.2) is 17.3 Å². The SMILES string of the molecule is CC(=O)c1nc2c(F)c(-c3cccc(Cl)c3Cl)c(CCC#N)cc2c2c1cc(C1CC(C)CN1C(=O)C1(F)CC1)n2C1CCN(C(=O)OC(C)(C)C)C1.